The first-order valence-electron chi connectivity index (χ1n) is 10.4. The number of thiophene rings is 1. The maximum absolute atomic E-state index is 13.3. The highest BCUT2D eigenvalue weighted by molar-refractivity contribution is 7.17. The van der Waals surface area contributed by atoms with Crippen LogP contribution in [0.4, 0.5) is 5.69 Å². The van der Waals surface area contributed by atoms with Gasteiger partial charge in [-0.1, -0.05) is 18.2 Å². The van der Waals surface area contributed by atoms with Crippen LogP contribution in [0.25, 0.3) is 21.3 Å². The van der Waals surface area contributed by atoms with Gasteiger partial charge >= 0.3 is 0 Å². The predicted octanol–water partition coefficient (Wildman–Crippen LogP) is 4.51. The molecule has 0 saturated heterocycles. The zero-order valence-corrected chi connectivity index (χ0v) is 18.6. The van der Waals surface area contributed by atoms with E-state index in [4.69, 9.17) is 0 Å². The first-order valence-corrected chi connectivity index (χ1v) is 11.3. The molecule has 6 nitrogen and oxygen atoms in total. The molecule has 1 aliphatic heterocycles. The van der Waals surface area contributed by atoms with Crippen LogP contribution in [-0.4, -0.2) is 21.2 Å². The Morgan fingerprint density at radius 2 is 1.94 bits per heavy atom. The van der Waals surface area contributed by atoms with E-state index in [2.05, 4.69) is 23.3 Å². The van der Waals surface area contributed by atoms with Crippen molar-refractivity contribution in [3.05, 3.63) is 80.7 Å². The third-order valence-electron chi connectivity index (χ3n) is 6.02. The van der Waals surface area contributed by atoms with Crippen molar-refractivity contribution >= 4 is 38.9 Å². The Kier molecular flexibility index (Phi) is 4.98. The predicted molar refractivity (Wildman–Crippen MR) is 127 cm³/mol. The first kappa shape index (κ1) is 20.3. The molecule has 32 heavy (non-hydrogen) atoms. The van der Waals surface area contributed by atoms with Gasteiger partial charge < -0.3 is 5.32 Å². The number of hydrogen-bond donors (Lipinski definition) is 1. The second-order valence-corrected chi connectivity index (χ2v) is 9.01. The standard InChI is InChI=1S/C25H21N3O3S/c1-14-3-4-16(9-15(14)2)19-12-32-24-23(19)25(31)28(13-26-24)11-21(29)18-5-7-20-17(10-18)6-8-22(30)27-20/h3-5,7,9-10,12-13H,6,8,11H2,1-2H3,(H,27,30). The SMILES string of the molecule is Cc1ccc(-c2csc3ncn(CC(=O)c4ccc5c(c4)CCC(=O)N5)c(=O)c23)cc1C. The van der Waals surface area contributed by atoms with Gasteiger partial charge in [-0.25, -0.2) is 4.98 Å². The highest BCUT2D eigenvalue weighted by Crippen LogP contribution is 2.31. The van der Waals surface area contributed by atoms with Gasteiger partial charge in [0.05, 0.1) is 18.3 Å². The number of benzene rings is 2. The zero-order valence-electron chi connectivity index (χ0n) is 17.8. The van der Waals surface area contributed by atoms with Crippen LogP contribution in [0.1, 0.15) is 33.5 Å². The summed E-state index contributed by atoms with van der Waals surface area (Å²) in [5, 5.41) is 5.31. The summed E-state index contributed by atoms with van der Waals surface area (Å²) in [4.78, 5) is 42.9. The Labute approximate surface area is 188 Å². The van der Waals surface area contributed by atoms with E-state index < -0.39 is 0 Å². The monoisotopic (exact) mass is 443 g/mol. The second kappa shape index (κ2) is 7.84. The van der Waals surface area contributed by atoms with Crippen molar-refractivity contribution in [1.82, 2.24) is 9.55 Å². The number of carbonyl (C=O) groups is 2. The maximum atomic E-state index is 13.3. The number of nitrogens with one attached hydrogen (secondary N) is 1. The van der Waals surface area contributed by atoms with Crippen LogP contribution in [0.2, 0.25) is 0 Å². The fraction of sp³-hybridized carbons (Fsp3) is 0.200. The number of nitrogens with zero attached hydrogens (tertiary/aromatic N) is 2. The first-order chi connectivity index (χ1) is 15.4. The molecular weight excluding hydrogens is 422 g/mol. The fourth-order valence-electron chi connectivity index (χ4n) is 4.00. The lowest BCUT2D eigenvalue weighted by Gasteiger charge is -2.17. The van der Waals surface area contributed by atoms with Crippen molar-refractivity contribution < 1.29 is 9.59 Å². The molecular formula is C25H21N3O3S. The summed E-state index contributed by atoms with van der Waals surface area (Å²) in [5.74, 6) is -0.186. The number of hydrogen-bond acceptors (Lipinski definition) is 5. The van der Waals surface area contributed by atoms with Crippen molar-refractivity contribution in [1.29, 1.82) is 0 Å². The van der Waals surface area contributed by atoms with Gasteiger partial charge in [0.15, 0.2) is 5.78 Å². The normalized spacial score (nSPS) is 13.1. The van der Waals surface area contributed by atoms with Crippen molar-refractivity contribution in [3.8, 4) is 11.1 Å². The summed E-state index contributed by atoms with van der Waals surface area (Å²) in [6.45, 7) is 4.02. The Morgan fingerprint density at radius 1 is 1.09 bits per heavy atom. The molecule has 0 spiro atoms. The Balaban J connectivity index is 1.49. The largest absolute Gasteiger partial charge is 0.326 e. The van der Waals surface area contributed by atoms with Gasteiger partial charge in [-0.15, -0.1) is 11.3 Å². The topological polar surface area (TPSA) is 81.1 Å². The number of amides is 1. The van der Waals surface area contributed by atoms with Crippen LogP contribution in [0.5, 0.6) is 0 Å². The highest BCUT2D eigenvalue weighted by atomic mass is 32.1. The van der Waals surface area contributed by atoms with E-state index in [-0.39, 0.29) is 23.8 Å². The average molecular weight is 444 g/mol. The third-order valence-corrected chi connectivity index (χ3v) is 6.90. The number of rotatable bonds is 4. The van der Waals surface area contributed by atoms with Crippen LogP contribution in [0.3, 0.4) is 0 Å². The second-order valence-electron chi connectivity index (χ2n) is 8.15. The molecule has 5 rings (SSSR count). The van der Waals surface area contributed by atoms with E-state index >= 15 is 0 Å². The maximum Gasteiger partial charge on any atom is 0.263 e. The molecule has 0 atom stereocenters. The fourth-order valence-corrected chi connectivity index (χ4v) is 4.91. The van der Waals surface area contributed by atoms with E-state index in [1.165, 1.54) is 27.8 Å². The molecule has 3 heterocycles. The number of aryl methyl sites for hydroxylation is 3. The summed E-state index contributed by atoms with van der Waals surface area (Å²) >= 11 is 1.43. The van der Waals surface area contributed by atoms with Gasteiger partial charge in [0.25, 0.3) is 5.56 Å². The summed E-state index contributed by atoms with van der Waals surface area (Å²) in [6, 6.07) is 11.4. The lowest BCUT2D eigenvalue weighted by molar-refractivity contribution is -0.116. The van der Waals surface area contributed by atoms with Crippen molar-refractivity contribution in [2.45, 2.75) is 33.2 Å². The van der Waals surface area contributed by atoms with E-state index in [1.54, 1.807) is 18.2 Å². The van der Waals surface area contributed by atoms with Crippen molar-refractivity contribution in [2.75, 3.05) is 5.32 Å². The molecule has 0 saturated carbocycles. The lowest BCUT2D eigenvalue weighted by atomic mass is 9.98. The van der Waals surface area contributed by atoms with E-state index in [0.29, 0.717) is 28.6 Å². The molecule has 0 bridgehead atoms. The zero-order chi connectivity index (χ0) is 22.4. The number of aromatic nitrogens is 2. The molecule has 1 N–H and O–H groups in total. The third kappa shape index (κ3) is 3.54. The van der Waals surface area contributed by atoms with Gasteiger partial charge in [-0.05, 0) is 60.7 Å². The highest BCUT2D eigenvalue weighted by Gasteiger charge is 2.19. The lowest BCUT2D eigenvalue weighted by Crippen LogP contribution is -2.25. The molecule has 0 unspecified atom stereocenters. The minimum Gasteiger partial charge on any atom is -0.326 e. The molecule has 0 radical (unpaired) electrons. The number of anilines is 1. The smallest absolute Gasteiger partial charge is 0.263 e. The Hall–Kier alpha value is -3.58. The van der Waals surface area contributed by atoms with E-state index in [1.807, 2.05) is 24.4 Å². The van der Waals surface area contributed by atoms with Crippen LogP contribution >= 0.6 is 11.3 Å². The average Bonchev–Trinajstić information content (AvgIpc) is 3.22. The molecule has 0 aliphatic carbocycles. The van der Waals surface area contributed by atoms with Crippen LogP contribution in [-0.2, 0) is 17.8 Å². The minimum absolute atomic E-state index is 0.0159. The molecule has 0 fully saturated rings. The van der Waals surface area contributed by atoms with Crippen LogP contribution in [0, 0.1) is 13.8 Å². The van der Waals surface area contributed by atoms with E-state index in [0.717, 1.165) is 27.9 Å². The van der Waals surface area contributed by atoms with Gasteiger partial charge in [0.1, 0.15) is 4.83 Å². The number of fused-ring (bicyclic) bond motifs is 2. The van der Waals surface area contributed by atoms with Crippen molar-refractivity contribution in [3.63, 3.8) is 0 Å². The number of Topliss-reactive ketones (excluding diaryl/α,β-unsaturated/α-hetero) is 1. The molecule has 1 amide bonds. The van der Waals surface area contributed by atoms with Gasteiger partial charge in [0.2, 0.25) is 5.91 Å². The number of ketones is 1. The summed E-state index contributed by atoms with van der Waals surface area (Å²) in [6.07, 6.45) is 2.45. The molecule has 2 aromatic heterocycles. The molecule has 2 aromatic carbocycles. The summed E-state index contributed by atoms with van der Waals surface area (Å²) in [7, 11) is 0. The van der Waals surface area contributed by atoms with E-state index in [9.17, 15) is 14.4 Å². The summed E-state index contributed by atoms with van der Waals surface area (Å²) < 4.78 is 1.38. The van der Waals surface area contributed by atoms with Gasteiger partial charge in [-0.2, -0.15) is 0 Å². The minimum atomic E-state index is -0.219. The molecule has 160 valence electrons. The Bertz CT molecular complexity index is 1470. The van der Waals surface area contributed by atoms with Crippen LogP contribution in [0.15, 0.2) is 52.9 Å². The Morgan fingerprint density at radius 3 is 2.75 bits per heavy atom. The quantitative estimate of drug-likeness (QED) is 0.471. The van der Waals surface area contributed by atoms with Crippen molar-refractivity contribution in [2.24, 2.45) is 0 Å². The van der Waals surface area contributed by atoms with Crippen LogP contribution < -0.4 is 10.9 Å². The van der Waals surface area contributed by atoms with Gasteiger partial charge in [0, 0.05) is 28.6 Å². The molecule has 1 aliphatic rings. The number of carbonyl (C=O) groups excluding carboxylic acids is 2. The molecule has 7 heteroatoms. The summed E-state index contributed by atoms with van der Waals surface area (Å²) in [5.41, 5.74) is 6.15. The van der Waals surface area contributed by atoms with Gasteiger partial charge in [-0.3, -0.25) is 19.0 Å². The molecule has 4 aromatic rings.